The van der Waals surface area contributed by atoms with E-state index in [1.165, 1.54) is 14.2 Å². The third kappa shape index (κ3) is 3.25. The van der Waals surface area contributed by atoms with Crippen molar-refractivity contribution in [3.63, 3.8) is 0 Å². The monoisotopic (exact) mass is 490 g/mol. The van der Waals surface area contributed by atoms with Crippen LogP contribution in [0, 0.1) is 5.92 Å². The molecule has 0 radical (unpaired) electrons. The Morgan fingerprint density at radius 1 is 1.08 bits per heavy atom. The summed E-state index contributed by atoms with van der Waals surface area (Å²) in [6, 6.07) is 18.3. The van der Waals surface area contributed by atoms with Crippen LogP contribution in [0.5, 0.6) is 17.5 Å². The standard InChI is InChI=1S/C28H30N2O6/c1-30(2)15-20-23(18-8-6-5-7-9-18)28(19-12-10-17(16-31)11-13-19)27(33,25(20)32)24-21(36-28)14-22(34-3)29-26(24)35-4/h5-14,16,20,23,25,32-33H,15H2,1-4H3/t20-,23-,25-,27+,28+/m1/s1. The lowest BCUT2D eigenvalue weighted by Crippen LogP contribution is -2.52. The summed E-state index contributed by atoms with van der Waals surface area (Å²) in [7, 11) is 6.81. The van der Waals surface area contributed by atoms with Crippen LogP contribution in [-0.2, 0) is 11.2 Å². The number of ether oxygens (including phenoxy) is 3. The van der Waals surface area contributed by atoms with Gasteiger partial charge in [-0.3, -0.25) is 4.79 Å². The first-order valence-corrected chi connectivity index (χ1v) is 11.8. The molecule has 2 aliphatic rings. The number of pyridine rings is 1. The molecule has 0 bridgehead atoms. The minimum Gasteiger partial charge on any atom is -0.481 e. The summed E-state index contributed by atoms with van der Waals surface area (Å²) in [5, 5.41) is 24.7. The number of rotatable bonds is 7. The van der Waals surface area contributed by atoms with Crippen LogP contribution < -0.4 is 14.2 Å². The molecule has 8 heteroatoms. The van der Waals surface area contributed by atoms with E-state index in [1.807, 2.05) is 49.3 Å². The molecule has 1 saturated carbocycles. The molecule has 3 aromatic rings. The van der Waals surface area contributed by atoms with E-state index >= 15 is 0 Å². The molecule has 36 heavy (non-hydrogen) atoms. The maximum absolute atomic E-state index is 12.7. The Bertz CT molecular complexity index is 1270. The van der Waals surface area contributed by atoms with Gasteiger partial charge in [-0.25, -0.2) is 0 Å². The summed E-state index contributed by atoms with van der Waals surface area (Å²) in [5.41, 5.74) is -1.06. The highest BCUT2D eigenvalue weighted by atomic mass is 16.5. The fraction of sp³-hybridized carbons (Fsp3) is 0.357. The van der Waals surface area contributed by atoms with Gasteiger partial charge in [0, 0.05) is 30.0 Å². The number of aliphatic hydroxyl groups excluding tert-OH is 1. The fourth-order valence-corrected chi connectivity index (χ4v) is 6.10. The molecule has 0 spiro atoms. The van der Waals surface area contributed by atoms with Gasteiger partial charge in [0.25, 0.3) is 0 Å². The number of aldehydes is 1. The number of carbonyl (C=O) groups is 1. The third-order valence-electron chi connectivity index (χ3n) is 7.46. The van der Waals surface area contributed by atoms with Crippen molar-refractivity contribution < 1.29 is 29.2 Å². The smallest absolute Gasteiger partial charge is 0.226 e. The molecule has 5 rings (SSSR count). The van der Waals surface area contributed by atoms with Crippen molar-refractivity contribution in [1.29, 1.82) is 0 Å². The summed E-state index contributed by atoms with van der Waals surface area (Å²) in [6.45, 7) is 0.488. The summed E-state index contributed by atoms with van der Waals surface area (Å²) in [4.78, 5) is 17.8. The predicted molar refractivity (Wildman–Crippen MR) is 133 cm³/mol. The Balaban J connectivity index is 1.86. The molecule has 0 saturated heterocycles. The second-order valence-corrected chi connectivity index (χ2v) is 9.65. The normalized spacial score (nSPS) is 28.4. The second-order valence-electron chi connectivity index (χ2n) is 9.65. The lowest BCUT2D eigenvalue weighted by atomic mass is 9.70. The Labute approximate surface area is 210 Å². The molecule has 0 unspecified atom stereocenters. The summed E-state index contributed by atoms with van der Waals surface area (Å²) < 4.78 is 17.8. The second kappa shape index (κ2) is 8.89. The van der Waals surface area contributed by atoms with Crippen molar-refractivity contribution in [2.45, 2.75) is 23.2 Å². The zero-order valence-electron chi connectivity index (χ0n) is 20.7. The van der Waals surface area contributed by atoms with Gasteiger partial charge in [-0.05, 0) is 25.2 Å². The van der Waals surface area contributed by atoms with Crippen LogP contribution in [0.2, 0.25) is 0 Å². The summed E-state index contributed by atoms with van der Waals surface area (Å²) in [6.07, 6.45) is -0.468. The van der Waals surface area contributed by atoms with E-state index in [2.05, 4.69) is 4.98 Å². The molecule has 1 fully saturated rings. The van der Waals surface area contributed by atoms with E-state index in [1.54, 1.807) is 30.3 Å². The highest BCUT2D eigenvalue weighted by Crippen LogP contribution is 2.69. The van der Waals surface area contributed by atoms with E-state index < -0.39 is 29.1 Å². The van der Waals surface area contributed by atoms with E-state index in [0.29, 0.717) is 23.4 Å². The Hall–Kier alpha value is -3.46. The van der Waals surface area contributed by atoms with Crippen molar-refractivity contribution in [1.82, 2.24) is 9.88 Å². The van der Waals surface area contributed by atoms with Crippen molar-refractivity contribution in [2.24, 2.45) is 5.92 Å². The van der Waals surface area contributed by atoms with Gasteiger partial charge in [-0.2, -0.15) is 4.98 Å². The van der Waals surface area contributed by atoms with Gasteiger partial charge in [-0.15, -0.1) is 0 Å². The van der Waals surface area contributed by atoms with Crippen molar-refractivity contribution >= 4 is 6.29 Å². The molecular formula is C28H30N2O6. The highest BCUT2D eigenvalue weighted by Gasteiger charge is 2.77. The Morgan fingerprint density at radius 3 is 2.36 bits per heavy atom. The first-order chi connectivity index (χ1) is 17.3. The summed E-state index contributed by atoms with van der Waals surface area (Å²) in [5.74, 6) is -0.181. The van der Waals surface area contributed by atoms with Crippen LogP contribution in [0.1, 0.15) is 33.0 Å². The number of hydrogen-bond acceptors (Lipinski definition) is 8. The number of aromatic nitrogens is 1. The number of hydrogen-bond donors (Lipinski definition) is 2. The van der Waals surface area contributed by atoms with Gasteiger partial charge >= 0.3 is 0 Å². The molecule has 2 heterocycles. The predicted octanol–water partition coefficient (Wildman–Crippen LogP) is 2.72. The molecule has 2 aromatic carbocycles. The maximum Gasteiger partial charge on any atom is 0.226 e. The quantitative estimate of drug-likeness (QED) is 0.488. The van der Waals surface area contributed by atoms with Crippen LogP contribution in [0.25, 0.3) is 0 Å². The topological polar surface area (TPSA) is 101 Å². The van der Waals surface area contributed by atoms with Crippen LogP contribution in [0.3, 0.4) is 0 Å². The number of methoxy groups -OCH3 is 2. The molecule has 1 aliphatic heterocycles. The molecule has 2 N–H and O–H groups in total. The SMILES string of the molecule is COc1cc2c(c(OC)n1)[C@]1(O)[C@H](O)[C@H](CN(C)C)[C@@H](c3ccccc3)[C@]1(c1ccc(C=O)cc1)O2. The Kier molecular flexibility index (Phi) is 5.98. The van der Waals surface area contributed by atoms with Gasteiger partial charge in [0.05, 0.1) is 25.9 Å². The van der Waals surface area contributed by atoms with Crippen molar-refractivity contribution in [3.8, 4) is 17.5 Å². The lowest BCUT2D eigenvalue weighted by molar-refractivity contribution is -0.152. The van der Waals surface area contributed by atoms with E-state index in [0.717, 1.165) is 11.8 Å². The number of carbonyl (C=O) groups excluding carboxylic acids is 1. The minimum atomic E-state index is -1.92. The first kappa shape index (κ1) is 24.2. The largest absolute Gasteiger partial charge is 0.481 e. The molecule has 1 aliphatic carbocycles. The molecule has 1 aromatic heterocycles. The molecule has 5 atom stereocenters. The zero-order chi connectivity index (χ0) is 25.7. The van der Waals surface area contributed by atoms with E-state index in [4.69, 9.17) is 14.2 Å². The number of nitrogens with zero attached hydrogens (tertiary/aromatic N) is 2. The van der Waals surface area contributed by atoms with Gasteiger partial charge in [0.1, 0.15) is 12.0 Å². The fourth-order valence-electron chi connectivity index (χ4n) is 6.10. The minimum absolute atomic E-state index is 0.120. The molecule has 0 amide bonds. The van der Waals surface area contributed by atoms with Crippen LogP contribution in [-0.4, -0.2) is 67.3 Å². The van der Waals surface area contributed by atoms with Gasteiger partial charge in [0.2, 0.25) is 11.8 Å². The van der Waals surface area contributed by atoms with E-state index in [-0.39, 0.29) is 17.3 Å². The molecule has 8 nitrogen and oxygen atoms in total. The van der Waals surface area contributed by atoms with Crippen LogP contribution >= 0.6 is 0 Å². The average molecular weight is 491 g/mol. The number of fused-ring (bicyclic) bond motifs is 3. The lowest BCUT2D eigenvalue weighted by Gasteiger charge is -2.41. The zero-order valence-corrected chi connectivity index (χ0v) is 20.7. The van der Waals surface area contributed by atoms with Crippen molar-refractivity contribution in [3.05, 3.63) is 82.9 Å². The third-order valence-corrected chi connectivity index (χ3v) is 7.46. The van der Waals surface area contributed by atoms with Crippen LogP contribution in [0.4, 0.5) is 0 Å². The van der Waals surface area contributed by atoms with Gasteiger partial charge in [0.15, 0.2) is 11.2 Å². The molecular weight excluding hydrogens is 460 g/mol. The highest BCUT2D eigenvalue weighted by molar-refractivity contribution is 5.75. The number of aliphatic hydroxyl groups is 2. The maximum atomic E-state index is 12.7. The molecule has 188 valence electrons. The van der Waals surface area contributed by atoms with Crippen molar-refractivity contribution in [2.75, 3.05) is 34.9 Å². The van der Waals surface area contributed by atoms with Gasteiger partial charge < -0.3 is 29.3 Å². The summed E-state index contributed by atoms with van der Waals surface area (Å²) >= 11 is 0. The van der Waals surface area contributed by atoms with E-state index in [9.17, 15) is 15.0 Å². The first-order valence-electron chi connectivity index (χ1n) is 11.8. The van der Waals surface area contributed by atoms with Gasteiger partial charge in [-0.1, -0.05) is 54.6 Å². The van der Waals surface area contributed by atoms with Crippen LogP contribution in [0.15, 0.2) is 60.7 Å². The number of benzene rings is 2. The average Bonchev–Trinajstić information content (AvgIpc) is 3.26. The Morgan fingerprint density at radius 2 is 1.78 bits per heavy atom.